The van der Waals surface area contributed by atoms with Crippen LogP contribution in [0.2, 0.25) is 0 Å². The second-order valence-corrected chi connectivity index (χ2v) is 2.23. The highest BCUT2D eigenvalue weighted by atomic mass is 16.6. The van der Waals surface area contributed by atoms with Crippen molar-refractivity contribution < 1.29 is 25.2 Å². The van der Waals surface area contributed by atoms with Crippen LogP contribution < -0.4 is 0 Å². The van der Waals surface area contributed by atoms with E-state index < -0.39 is 31.2 Å². The average Bonchev–Trinajstić information content (AvgIpc) is 2.17. The normalized spacial score (nSPS) is 48.0. The smallest absolute Gasteiger partial charge is 0.184 e. The van der Waals surface area contributed by atoms with Crippen LogP contribution in [0.15, 0.2) is 0 Å². The maximum atomic E-state index is 8.93. The first-order valence-corrected chi connectivity index (χ1v) is 2.97. The van der Waals surface area contributed by atoms with Gasteiger partial charge in [-0.15, -0.1) is 0 Å². The van der Waals surface area contributed by atoms with Gasteiger partial charge >= 0.3 is 0 Å². The fourth-order valence-corrected chi connectivity index (χ4v) is 0.880. The molecule has 0 radical (unpaired) electrons. The van der Waals surface area contributed by atoms with E-state index in [0.717, 1.165) is 0 Å². The van der Waals surface area contributed by atoms with Crippen LogP contribution in [0, 0.1) is 0 Å². The Kier molecular flexibility index (Phi) is 2.22. The number of aliphatic hydroxyl groups excluding tert-OH is 4. The fourth-order valence-electron chi connectivity index (χ4n) is 0.880. The van der Waals surface area contributed by atoms with E-state index in [0.29, 0.717) is 0 Å². The topological polar surface area (TPSA) is 90.2 Å². The van der Waals surface area contributed by atoms with Crippen LogP contribution in [0.3, 0.4) is 0 Å². The largest absolute Gasteiger partial charge is 0.394 e. The molecule has 0 spiro atoms. The molecule has 5 nitrogen and oxygen atoms in total. The third-order valence-electron chi connectivity index (χ3n) is 1.52. The minimum absolute atomic E-state index is 0.407. The van der Waals surface area contributed by atoms with Crippen LogP contribution in [-0.4, -0.2) is 51.6 Å². The Bertz CT molecular complexity index is 117. The summed E-state index contributed by atoms with van der Waals surface area (Å²) < 4.78 is 4.54. The van der Waals surface area contributed by atoms with Gasteiger partial charge in [0.15, 0.2) is 6.29 Å². The molecule has 4 atom stereocenters. The van der Waals surface area contributed by atoms with Crippen molar-refractivity contribution in [2.45, 2.75) is 24.6 Å². The van der Waals surface area contributed by atoms with Crippen LogP contribution in [0.1, 0.15) is 0 Å². The zero-order chi connectivity index (χ0) is 7.72. The van der Waals surface area contributed by atoms with Gasteiger partial charge in [0.05, 0.1) is 6.61 Å². The molecule has 1 unspecified atom stereocenters. The Balaban J connectivity index is 2.53. The van der Waals surface area contributed by atoms with E-state index >= 15 is 0 Å². The highest BCUT2D eigenvalue weighted by Crippen LogP contribution is 2.18. The van der Waals surface area contributed by atoms with Crippen molar-refractivity contribution in [1.82, 2.24) is 0 Å². The number of rotatable bonds is 1. The van der Waals surface area contributed by atoms with E-state index in [1.165, 1.54) is 0 Å². The summed E-state index contributed by atoms with van der Waals surface area (Å²) >= 11 is 0. The third kappa shape index (κ3) is 1.14. The van der Waals surface area contributed by atoms with E-state index in [2.05, 4.69) is 4.74 Å². The van der Waals surface area contributed by atoms with Crippen LogP contribution in [-0.2, 0) is 4.74 Å². The van der Waals surface area contributed by atoms with Crippen molar-refractivity contribution in [2.75, 3.05) is 6.61 Å². The summed E-state index contributed by atoms with van der Waals surface area (Å²) in [7, 11) is 0. The number of ether oxygens (including phenoxy) is 1. The zero-order valence-corrected chi connectivity index (χ0v) is 5.21. The van der Waals surface area contributed by atoms with Crippen molar-refractivity contribution in [3.8, 4) is 0 Å². The van der Waals surface area contributed by atoms with E-state index in [-0.39, 0.29) is 0 Å². The Hall–Kier alpha value is -0.200. The lowest BCUT2D eigenvalue weighted by Gasteiger charge is -2.09. The first-order chi connectivity index (χ1) is 4.66. The Morgan fingerprint density at radius 1 is 1.10 bits per heavy atom. The zero-order valence-electron chi connectivity index (χ0n) is 5.21. The molecular weight excluding hydrogens is 140 g/mol. The van der Waals surface area contributed by atoms with Crippen LogP contribution in [0.25, 0.3) is 0 Å². The summed E-state index contributed by atoms with van der Waals surface area (Å²) in [5.74, 6) is 0. The Labute approximate surface area is 57.5 Å². The quantitative estimate of drug-likeness (QED) is 0.329. The van der Waals surface area contributed by atoms with Crippen molar-refractivity contribution >= 4 is 0 Å². The molecule has 1 rings (SSSR count). The minimum atomic E-state index is -1.38. The van der Waals surface area contributed by atoms with Crippen LogP contribution in [0.4, 0.5) is 0 Å². The monoisotopic (exact) mass is 150 g/mol. The van der Waals surface area contributed by atoms with Crippen molar-refractivity contribution in [1.29, 1.82) is 0 Å². The van der Waals surface area contributed by atoms with Gasteiger partial charge in [0.1, 0.15) is 18.3 Å². The van der Waals surface area contributed by atoms with E-state index in [1.807, 2.05) is 0 Å². The number of aliphatic hydroxyl groups is 4. The van der Waals surface area contributed by atoms with Gasteiger partial charge in [-0.05, 0) is 0 Å². The maximum absolute atomic E-state index is 8.93. The highest BCUT2D eigenvalue weighted by molar-refractivity contribution is 4.84. The molecule has 0 amide bonds. The molecule has 1 fully saturated rings. The lowest BCUT2D eigenvalue weighted by molar-refractivity contribution is -0.132. The molecule has 0 aromatic carbocycles. The highest BCUT2D eigenvalue weighted by Gasteiger charge is 2.41. The Morgan fingerprint density at radius 2 is 1.70 bits per heavy atom. The second kappa shape index (κ2) is 2.81. The maximum Gasteiger partial charge on any atom is 0.184 e. The average molecular weight is 150 g/mol. The molecule has 10 heavy (non-hydrogen) atoms. The molecule has 0 aromatic rings. The summed E-state index contributed by atoms with van der Waals surface area (Å²) in [4.78, 5) is 0. The van der Waals surface area contributed by atoms with Crippen molar-refractivity contribution in [3.05, 3.63) is 0 Å². The molecular formula is C5H10O5. The molecule has 0 aromatic heterocycles. The molecule has 1 aliphatic heterocycles. The van der Waals surface area contributed by atoms with Gasteiger partial charge in [0.2, 0.25) is 0 Å². The number of hydrogen-bond donors (Lipinski definition) is 4. The lowest BCUT2D eigenvalue weighted by Crippen LogP contribution is -2.33. The van der Waals surface area contributed by atoms with Gasteiger partial charge in [0, 0.05) is 0 Å². The van der Waals surface area contributed by atoms with Gasteiger partial charge < -0.3 is 25.2 Å². The fraction of sp³-hybridized carbons (Fsp3) is 1.00. The van der Waals surface area contributed by atoms with Gasteiger partial charge in [0.25, 0.3) is 0 Å². The molecule has 1 aliphatic rings. The van der Waals surface area contributed by atoms with Crippen molar-refractivity contribution in [2.24, 2.45) is 0 Å². The van der Waals surface area contributed by atoms with Gasteiger partial charge in [-0.2, -0.15) is 0 Å². The summed E-state index contributed by atoms with van der Waals surface area (Å²) in [6.07, 6.45) is -4.76. The summed E-state index contributed by atoms with van der Waals surface area (Å²) in [6.45, 7) is -0.407. The van der Waals surface area contributed by atoms with Crippen LogP contribution >= 0.6 is 0 Å². The minimum Gasteiger partial charge on any atom is -0.394 e. The molecule has 4 N–H and O–H groups in total. The first-order valence-electron chi connectivity index (χ1n) is 2.97. The Morgan fingerprint density at radius 3 is 1.90 bits per heavy atom. The second-order valence-electron chi connectivity index (χ2n) is 2.23. The molecule has 0 saturated carbocycles. The lowest BCUT2D eigenvalue weighted by atomic mass is 10.1. The standard InChI is InChI=1S/C5H10O5/c6-1-2-3(7)4(8)5(9)10-2/h2-9H,1H2/t2-,3+,4-,5?/m1/s1. The molecule has 0 bridgehead atoms. The van der Waals surface area contributed by atoms with E-state index in [1.54, 1.807) is 0 Å². The molecule has 0 aliphatic carbocycles. The van der Waals surface area contributed by atoms with Crippen LogP contribution in [0.5, 0.6) is 0 Å². The van der Waals surface area contributed by atoms with Gasteiger partial charge in [-0.3, -0.25) is 0 Å². The SMILES string of the molecule is OC[C@H]1OC(O)[C@H](O)[C@H]1O. The first kappa shape index (κ1) is 7.90. The number of hydrogen-bond acceptors (Lipinski definition) is 5. The van der Waals surface area contributed by atoms with E-state index in [9.17, 15) is 0 Å². The third-order valence-corrected chi connectivity index (χ3v) is 1.52. The van der Waals surface area contributed by atoms with Crippen molar-refractivity contribution in [3.63, 3.8) is 0 Å². The molecule has 1 saturated heterocycles. The summed E-state index contributed by atoms with van der Waals surface area (Å²) in [5.41, 5.74) is 0. The van der Waals surface area contributed by atoms with E-state index in [4.69, 9.17) is 20.4 Å². The van der Waals surface area contributed by atoms with Gasteiger partial charge in [-0.25, -0.2) is 0 Å². The predicted molar refractivity (Wildman–Crippen MR) is 30.0 cm³/mol. The summed E-state index contributed by atoms with van der Waals surface area (Å²) in [5, 5.41) is 35.0. The molecule has 60 valence electrons. The predicted octanol–water partition coefficient (Wildman–Crippen LogP) is -2.58. The molecule has 1 heterocycles. The molecule has 5 heteroatoms. The van der Waals surface area contributed by atoms with Gasteiger partial charge in [-0.1, -0.05) is 0 Å². The summed E-state index contributed by atoms with van der Waals surface area (Å²) in [6, 6.07) is 0.